The van der Waals surface area contributed by atoms with Gasteiger partial charge < -0.3 is 20.4 Å². The third-order valence-corrected chi connectivity index (χ3v) is 6.45. The number of piperidine rings is 1. The van der Waals surface area contributed by atoms with Gasteiger partial charge in [-0.2, -0.15) is 0 Å². The lowest BCUT2D eigenvalue weighted by Crippen LogP contribution is -2.49. The Morgan fingerprint density at radius 1 is 1.16 bits per heavy atom. The number of hydrogen-bond acceptors (Lipinski definition) is 5. The fourth-order valence-electron chi connectivity index (χ4n) is 4.56. The van der Waals surface area contributed by atoms with Crippen molar-refractivity contribution in [2.45, 2.75) is 58.9 Å². The number of nitrogens with zero attached hydrogens (tertiary/aromatic N) is 3. The Bertz CT molecular complexity index is 694. The van der Waals surface area contributed by atoms with Gasteiger partial charge in [-0.15, -0.1) is 0 Å². The fourth-order valence-corrected chi connectivity index (χ4v) is 4.56. The van der Waals surface area contributed by atoms with Gasteiger partial charge in [0.05, 0.1) is 0 Å². The van der Waals surface area contributed by atoms with E-state index < -0.39 is 11.6 Å². The van der Waals surface area contributed by atoms with Crippen LogP contribution in [-0.4, -0.2) is 90.8 Å². The number of carbonyl (C=O) groups is 4. The predicted octanol–water partition coefficient (Wildman–Crippen LogP) is 1.04. The Balaban J connectivity index is 1.83. The second-order valence-corrected chi connectivity index (χ2v) is 9.89. The Morgan fingerprint density at radius 3 is 2.23 bits per heavy atom. The van der Waals surface area contributed by atoms with Gasteiger partial charge in [0.1, 0.15) is 12.1 Å². The molecule has 0 aromatic heterocycles. The Hall–Kier alpha value is -2.16. The average Bonchev–Trinajstić information content (AvgIpc) is 2.95. The van der Waals surface area contributed by atoms with Gasteiger partial charge in [0.2, 0.25) is 11.8 Å². The maximum atomic E-state index is 12.7. The third kappa shape index (κ3) is 5.96. The zero-order valence-electron chi connectivity index (χ0n) is 19.9. The number of imide groups is 1. The number of hydrogen-bond donors (Lipinski definition) is 2. The quantitative estimate of drug-likeness (QED) is 0.525. The first kappa shape index (κ1) is 25.1. The molecule has 2 aliphatic heterocycles. The number of rotatable bonds is 9. The topological polar surface area (TPSA) is 102 Å². The summed E-state index contributed by atoms with van der Waals surface area (Å²) >= 11 is 0. The van der Waals surface area contributed by atoms with Crippen LogP contribution in [0.2, 0.25) is 0 Å². The van der Waals surface area contributed by atoms with Gasteiger partial charge >= 0.3 is 6.03 Å². The molecule has 176 valence electrons. The van der Waals surface area contributed by atoms with Crippen LogP contribution in [0.5, 0.6) is 0 Å². The summed E-state index contributed by atoms with van der Waals surface area (Å²) < 4.78 is 0. The highest BCUT2D eigenvalue weighted by Crippen LogP contribution is 2.25. The molecular formula is C22H39N5O4. The van der Waals surface area contributed by atoms with Crippen molar-refractivity contribution in [3.63, 3.8) is 0 Å². The van der Waals surface area contributed by atoms with Crippen molar-refractivity contribution in [2.24, 2.45) is 11.3 Å². The molecular weight excluding hydrogens is 398 g/mol. The average molecular weight is 438 g/mol. The van der Waals surface area contributed by atoms with Crippen molar-refractivity contribution >= 4 is 23.8 Å². The third-order valence-electron chi connectivity index (χ3n) is 6.45. The number of carbonyl (C=O) groups excluding carboxylic acids is 4. The lowest BCUT2D eigenvalue weighted by atomic mass is 9.91. The van der Waals surface area contributed by atoms with Crippen LogP contribution in [0.4, 0.5) is 4.79 Å². The van der Waals surface area contributed by atoms with Crippen LogP contribution >= 0.6 is 0 Å². The van der Waals surface area contributed by atoms with Crippen LogP contribution in [0.15, 0.2) is 0 Å². The highest BCUT2D eigenvalue weighted by molar-refractivity contribution is 6.09. The van der Waals surface area contributed by atoms with Gasteiger partial charge in [-0.1, -0.05) is 27.7 Å². The minimum atomic E-state index is -0.900. The molecule has 0 aliphatic carbocycles. The van der Waals surface area contributed by atoms with E-state index in [1.165, 1.54) is 0 Å². The second-order valence-electron chi connectivity index (χ2n) is 9.89. The summed E-state index contributed by atoms with van der Waals surface area (Å²) in [6, 6.07) is -0.503. The SMILES string of the molecule is CCC1(CC)NC(=O)N(CC(=O)N2CCC(C(=O)NCC(C)(C)CN(C)C)CC2)C1=O. The van der Waals surface area contributed by atoms with Crippen LogP contribution in [0.3, 0.4) is 0 Å². The molecule has 2 heterocycles. The molecule has 2 N–H and O–H groups in total. The van der Waals surface area contributed by atoms with Gasteiger partial charge in [0.15, 0.2) is 0 Å². The zero-order chi connectivity index (χ0) is 23.4. The Morgan fingerprint density at radius 2 is 1.74 bits per heavy atom. The van der Waals surface area contributed by atoms with Gasteiger partial charge in [-0.05, 0) is 45.2 Å². The summed E-state index contributed by atoms with van der Waals surface area (Å²) in [5.74, 6) is -0.671. The summed E-state index contributed by atoms with van der Waals surface area (Å²) in [5.41, 5.74) is -0.923. The molecule has 0 spiro atoms. The number of urea groups is 1. The first-order valence-corrected chi connectivity index (χ1v) is 11.3. The molecule has 5 amide bonds. The smallest absolute Gasteiger partial charge is 0.325 e. The summed E-state index contributed by atoms with van der Waals surface area (Å²) in [6.07, 6.45) is 2.15. The Labute approximate surface area is 185 Å². The molecule has 0 atom stereocenters. The van der Waals surface area contributed by atoms with Crippen molar-refractivity contribution in [3.05, 3.63) is 0 Å². The van der Waals surface area contributed by atoms with E-state index in [0.717, 1.165) is 11.4 Å². The lowest BCUT2D eigenvalue weighted by Gasteiger charge is -2.33. The lowest BCUT2D eigenvalue weighted by molar-refractivity contribution is -0.140. The standard InChI is InChI=1S/C22H39N5O4/c1-7-22(8-2)19(30)27(20(31)24-22)13-17(28)26-11-9-16(10-12-26)18(29)23-14-21(3,4)15-25(5)6/h16H,7-15H2,1-6H3,(H,23,29)(H,24,31). The van der Waals surface area contributed by atoms with Crippen molar-refractivity contribution < 1.29 is 19.2 Å². The zero-order valence-corrected chi connectivity index (χ0v) is 19.9. The molecule has 2 saturated heterocycles. The van der Waals surface area contributed by atoms with Crippen molar-refractivity contribution in [1.82, 2.24) is 25.3 Å². The summed E-state index contributed by atoms with van der Waals surface area (Å²) in [5, 5.41) is 5.80. The number of nitrogens with one attached hydrogen (secondary N) is 2. The minimum Gasteiger partial charge on any atom is -0.355 e. The second kappa shape index (κ2) is 9.97. The molecule has 0 aromatic rings. The van der Waals surface area contributed by atoms with Crippen molar-refractivity contribution in [3.8, 4) is 0 Å². The first-order chi connectivity index (χ1) is 14.4. The predicted molar refractivity (Wildman–Crippen MR) is 118 cm³/mol. The van der Waals surface area contributed by atoms with Gasteiger partial charge in [-0.3, -0.25) is 19.3 Å². The van der Waals surface area contributed by atoms with Crippen LogP contribution < -0.4 is 10.6 Å². The molecule has 0 bridgehead atoms. The summed E-state index contributed by atoms with van der Waals surface area (Å²) in [7, 11) is 4.03. The molecule has 31 heavy (non-hydrogen) atoms. The number of amides is 5. The van der Waals surface area contributed by atoms with E-state index in [4.69, 9.17) is 0 Å². The van der Waals surface area contributed by atoms with Crippen LogP contribution in [0.1, 0.15) is 53.4 Å². The number of likely N-dealkylation sites (tertiary alicyclic amines) is 1. The maximum Gasteiger partial charge on any atom is 0.325 e. The molecule has 0 aromatic carbocycles. The summed E-state index contributed by atoms with van der Waals surface area (Å²) in [4.78, 5) is 55.0. The van der Waals surface area contributed by atoms with Crippen LogP contribution in [0.25, 0.3) is 0 Å². The van der Waals surface area contributed by atoms with E-state index in [9.17, 15) is 19.2 Å². The highest BCUT2D eigenvalue weighted by Gasteiger charge is 2.49. The van der Waals surface area contributed by atoms with E-state index in [0.29, 0.717) is 45.3 Å². The molecule has 9 nitrogen and oxygen atoms in total. The van der Waals surface area contributed by atoms with E-state index in [1.54, 1.807) is 4.90 Å². The monoisotopic (exact) mass is 437 g/mol. The van der Waals surface area contributed by atoms with Gasteiger partial charge in [0, 0.05) is 32.1 Å². The molecule has 2 rings (SSSR count). The van der Waals surface area contributed by atoms with Crippen LogP contribution in [0, 0.1) is 11.3 Å². The first-order valence-electron chi connectivity index (χ1n) is 11.3. The Kier molecular flexibility index (Phi) is 8.08. The minimum absolute atomic E-state index is 0.0229. The van der Waals surface area contributed by atoms with Gasteiger partial charge in [0.25, 0.3) is 5.91 Å². The molecule has 0 unspecified atom stereocenters. The van der Waals surface area contributed by atoms with Gasteiger partial charge in [-0.25, -0.2) is 4.79 Å². The van der Waals surface area contributed by atoms with E-state index in [1.807, 2.05) is 27.9 Å². The maximum absolute atomic E-state index is 12.7. The van der Waals surface area contributed by atoms with Crippen molar-refractivity contribution in [2.75, 3.05) is 46.8 Å². The molecule has 0 saturated carbocycles. The van der Waals surface area contributed by atoms with E-state index in [2.05, 4.69) is 29.4 Å². The fraction of sp³-hybridized carbons (Fsp3) is 0.818. The highest BCUT2D eigenvalue weighted by atomic mass is 16.2. The largest absolute Gasteiger partial charge is 0.355 e. The molecule has 2 aliphatic rings. The van der Waals surface area contributed by atoms with Crippen molar-refractivity contribution in [1.29, 1.82) is 0 Å². The van der Waals surface area contributed by atoms with Crippen LogP contribution in [-0.2, 0) is 14.4 Å². The summed E-state index contributed by atoms with van der Waals surface area (Å²) in [6.45, 7) is 10.1. The molecule has 2 fully saturated rings. The molecule has 0 radical (unpaired) electrons. The van der Waals surface area contributed by atoms with E-state index >= 15 is 0 Å². The normalized spacial score (nSPS) is 19.7. The molecule has 9 heteroatoms. The van der Waals surface area contributed by atoms with E-state index in [-0.39, 0.29) is 35.6 Å².